The molecule has 1 amide bonds. The van der Waals surface area contributed by atoms with E-state index in [1.165, 1.54) is 6.42 Å². The molecule has 2 rings (SSSR count). The molecule has 4 N–H and O–H groups in total. The normalized spacial score (nSPS) is 18.5. The molecular weight excluding hydrogens is 262 g/mol. The van der Waals surface area contributed by atoms with E-state index in [1.807, 2.05) is 0 Å². The van der Waals surface area contributed by atoms with Crippen molar-refractivity contribution in [1.29, 1.82) is 0 Å². The van der Waals surface area contributed by atoms with E-state index in [4.69, 9.17) is 5.73 Å². The SMILES string of the molecule is NC(=O)c1cc([N+](=O)[O-])cnc1NCC1CCCCN1. The van der Waals surface area contributed by atoms with Crippen LogP contribution in [0, 0.1) is 10.1 Å². The van der Waals surface area contributed by atoms with Crippen LogP contribution in [0.2, 0.25) is 0 Å². The van der Waals surface area contributed by atoms with Crippen molar-refractivity contribution < 1.29 is 9.72 Å². The van der Waals surface area contributed by atoms with Gasteiger partial charge in [0, 0.05) is 18.7 Å². The lowest BCUT2D eigenvalue weighted by atomic mass is 10.1. The fourth-order valence-electron chi connectivity index (χ4n) is 2.20. The van der Waals surface area contributed by atoms with Gasteiger partial charge in [-0.3, -0.25) is 14.9 Å². The minimum atomic E-state index is -0.736. The van der Waals surface area contributed by atoms with Gasteiger partial charge in [0.15, 0.2) is 0 Å². The first kappa shape index (κ1) is 14.2. The third-order valence-corrected chi connectivity index (χ3v) is 3.28. The van der Waals surface area contributed by atoms with E-state index in [9.17, 15) is 14.9 Å². The Morgan fingerprint density at radius 3 is 3.00 bits per heavy atom. The van der Waals surface area contributed by atoms with Crippen LogP contribution < -0.4 is 16.4 Å². The summed E-state index contributed by atoms with van der Waals surface area (Å²) in [5.41, 5.74) is 5.02. The third-order valence-electron chi connectivity index (χ3n) is 3.28. The molecule has 1 aliphatic heterocycles. The Morgan fingerprint density at radius 2 is 2.40 bits per heavy atom. The summed E-state index contributed by atoms with van der Waals surface area (Å²) in [5, 5.41) is 17.1. The average Bonchev–Trinajstić information content (AvgIpc) is 2.45. The minimum absolute atomic E-state index is 0.0370. The van der Waals surface area contributed by atoms with Crippen LogP contribution in [-0.4, -0.2) is 34.9 Å². The number of hydrogen-bond donors (Lipinski definition) is 3. The first-order valence-electron chi connectivity index (χ1n) is 6.49. The van der Waals surface area contributed by atoms with E-state index in [0.717, 1.165) is 31.6 Å². The molecule has 1 aliphatic rings. The van der Waals surface area contributed by atoms with E-state index in [-0.39, 0.29) is 17.1 Å². The van der Waals surface area contributed by atoms with Crippen molar-refractivity contribution in [1.82, 2.24) is 10.3 Å². The maximum absolute atomic E-state index is 11.4. The number of primary amides is 1. The summed E-state index contributed by atoms with van der Waals surface area (Å²) >= 11 is 0. The monoisotopic (exact) mass is 279 g/mol. The number of rotatable bonds is 5. The van der Waals surface area contributed by atoms with Gasteiger partial charge in [-0.15, -0.1) is 0 Å². The summed E-state index contributed by atoms with van der Waals surface area (Å²) in [4.78, 5) is 25.3. The Morgan fingerprint density at radius 1 is 1.60 bits per heavy atom. The fraction of sp³-hybridized carbons (Fsp3) is 0.500. The molecule has 1 aromatic heterocycles. The highest BCUT2D eigenvalue weighted by molar-refractivity contribution is 5.98. The van der Waals surface area contributed by atoms with Gasteiger partial charge in [-0.1, -0.05) is 6.42 Å². The number of nitrogens with one attached hydrogen (secondary N) is 2. The van der Waals surface area contributed by atoms with Crippen LogP contribution in [-0.2, 0) is 0 Å². The summed E-state index contributed by atoms with van der Waals surface area (Å²) in [6.45, 7) is 1.58. The highest BCUT2D eigenvalue weighted by Crippen LogP contribution is 2.19. The minimum Gasteiger partial charge on any atom is -0.368 e. The van der Waals surface area contributed by atoms with E-state index in [2.05, 4.69) is 15.6 Å². The number of aromatic nitrogens is 1. The van der Waals surface area contributed by atoms with Gasteiger partial charge in [0.1, 0.15) is 12.0 Å². The van der Waals surface area contributed by atoms with Crippen LogP contribution in [0.15, 0.2) is 12.3 Å². The molecule has 0 radical (unpaired) electrons. The van der Waals surface area contributed by atoms with Gasteiger partial charge in [-0.2, -0.15) is 0 Å². The second-order valence-corrected chi connectivity index (χ2v) is 4.74. The van der Waals surface area contributed by atoms with E-state index in [0.29, 0.717) is 12.6 Å². The predicted octanol–water partition coefficient (Wildman–Crippen LogP) is 0.643. The zero-order chi connectivity index (χ0) is 14.5. The fourth-order valence-corrected chi connectivity index (χ4v) is 2.20. The van der Waals surface area contributed by atoms with Crippen LogP contribution in [0.25, 0.3) is 0 Å². The van der Waals surface area contributed by atoms with E-state index in [1.54, 1.807) is 0 Å². The summed E-state index contributed by atoms with van der Waals surface area (Å²) in [7, 11) is 0. The third kappa shape index (κ3) is 3.41. The van der Waals surface area contributed by atoms with Crippen LogP contribution in [0.5, 0.6) is 0 Å². The lowest BCUT2D eigenvalue weighted by Crippen LogP contribution is -2.39. The number of nitro groups is 1. The second kappa shape index (κ2) is 6.29. The standard InChI is InChI=1S/C12H17N5O3/c13-11(18)10-5-9(17(19)20)7-16-12(10)15-6-8-3-1-2-4-14-8/h5,7-8,14H,1-4,6H2,(H2,13,18)(H,15,16). The molecule has 108 valence electrons. The maximum Gasteiger partial charge on any atom is 0.288 e. The van der Waals surface area contributed by atoms with Gasteiger partial charge in [0.2, 0.25) is 0 Å². The molecule has 0 spiro atoms. The molecule has 20 heavy (non-hydrogen) atoms. The van der Waals surface area contributed by atoms with Crippen molar-refractivity contribution in [3.8, 4) is 0 Å². The lowest BCUT2D eigenvalue weighted by molar-refractivity contribution is -0.385. The highest BCUT2D eigenvalue weighted by Gasteiger charge is 2.18. The zero-order valence-corrected chi connectivity index (χ0v) is 11.0. The smallest absolute Gasteiger partial charge is 0.288 e. The maximum atomic E-state index is 11.4. The Kier molecular flexibility index (Phi) is 4.46. The lowest BCUT2D eigenvalue weighted by Gasteiger charge is -2.24. The molecule has 1 unspecified atom stereocenters. The Balaban J connectivity index is 2.09. The number of hydrogen-bond acceptors (Lipinski definition) is 6. The second-order valence-electron chi connectivity index (χ2n) is 4.74. The largest absolute Gasteiger partial charge is 0.368 e. The van der Waals surface area contributed by atoms with Crippen molar-refractivity contribution >= 4 is 17.4 Å². The Bertz CT molecular complexity index is 514. The molecular formula is C12H17N5O3. The molecule has 0 bridgehead atoms. The zero-order valence-electron chi connectivity index (χ0n) is 11.0. The molecule has 2 heterocycles. The predicted molar refractivity (Wildman–Crippen MR) is 73.5 cm³/mol. The van der Waals surface area contributed by atoms with Gasteiger partial charge < -0.3 is 16.4 Å². The van der Waals surface area contributed by atoms with Gasteiger partial charge in [0.25, 0.3) is 11.6 Å². The molecule has 0 saturated carbocycles. The molecule has 1 saturated heterocycles. The Labute approximate surface area is 115 Å². The van der Waals surface area contributed by atoms with Gasteiger partial charge in [-0.25, -0.2) is 4.98 Å². The van der Waals surface area contributed by atoms with Crippen molar-refractivity contribution in [2.45, 2.75) is 25.3 Å². The van der Waals surface area contributed by atoms with Crippen molar-refractivity contribution in [3.63, 3.8) is 0 Å². The summed E-state index contributed by atoms with van der Waals surface area (Å²) in [5.74, 6) is -0.448. The number of amides is 1. The first-order valence-corrected chi connectivity index (χ1v) is 6.49. The van der Waals surface area contributed by atoms with Gasteiger partial charge in [0.05, 0.1) is 10.5 Å². The highest BCUT2D eigenvalue weighted by atomic mass is 16.6. The number of carbonyl (C=O) groups excluding carboxylic acids is 1. The summed E-state index contributed by atoms with van der Waals surface area (Å²) < 4.78 is 0. The van der Waals surface area contributed by atoms with Gasteiger partial charge >= 0.3 is 0 Å². The topological polar surface area (TPSA) is 123 Å². The molecule has 1 atom stereocenters. The van der Waals surface area contributed by atoms with E-state index < -0.39 is 10.8 Å². The Hall–Kier alpha value is -2.22. The molecule has 1 fully saturated rings. The summed E-state index contributed by atoms with van der Waals surface area (Å²) in [6.07, 6.45) is 4.49. The number of anilines is 1. The van der Waals surface area contributed by atoms with Crippen LogP contribution in [0.4, 0.5) is 11.5 Å². The molecule has 8 heteroatoms. The molecule has 8 nitrogen and oxygen atoms in total. The van der Waals surface area contributed by atoms with Crippen molar-refractivity contribution in [3.05, 3.63) is 27.9 Å². The van der Waals surface area contributed by atoms with Crippen molar-refractivity contribution in [2.75, 3.05) is 18.4 Å². The van der Waals surface area contributed by atoms with Crippen molar-refractivity contribution in [2.24, 2.45) is 5.73 Å². The average molecular weight is 279 g/mol. The molecule has 0 aliphatic carbocycles. The first-order chi connectivity index (χ1) is 9.58. The number of carbonyl (C=O) groups is 1. The quantitative estimate of drug-likeness (QED) is 0.537. The number of nitrogens with two attached hydrogens (primary N) is 1. The van der Waals surface area contributed by atoms with E-state index >= 15 is 0 Å². The number of pyridine rings is 1. The van der Waals surface area contributed by atoms with Crippen LogP contribution in [0.1, 0.15) is 29.6 Å². The number of piperidine rings is 1. The number of nitrogens with zero attached hydrogens (tertiary/aromatic N) is 2. The van der Waals surface area contributed by atoms with Gasteiger partial charge in [-0.05, 0) is 19.4 Å². The summed E-state index contributed by atoms with van der Waals surface area (Å²) in [6, 6.07) is 1.45. The molecule has 1 aromatic rings. The van der Waals surface area contributed by atoms with Crippen LogP contribution >= 0.6 is 0 Å². The molecule has 0 aromatic carbocycles. The van der Waals surface area contributed by atoms with Crippen LogP contribution in [0.3, 0.4) is 0 Å².